The van der Waals surface area contributed by atoms with Crippen LogP contribution in [0, 0.1) is 0 Å². The Labute approximate surface area is 115 Å². The van der Waals surface area contributed by atoms with Crippen LogP contribution in [0.25, 0.3) is 22.6 Å². The molecule has 0 atom stereocenters. The van der Waals surface area contributed by atoms with Crippen LogP contribution in [0.1, 0.15) is 24.9 Å². The zero-order chi connectivity index (χ0) is 13.4. The van der Waals surface area contributed by atoms with Gasteiger partial charge in [0.05, 0.1) is 11.7 Å². The maximum Gasteiger partial charge on any atom is 0.161 e. The number of imidazole rings is 1. The van der Waals surface area contributed by atoms with E-state index in [1.54, 1.807) is 23.7 Å². The Hall–Kier alpha value is -1.79. The third-order valence-corrected chi connectivity index (χ3v) is 3.83. The lowest BCUT2D eigenvalue weighted by Gasteiger charge is -2.11. The molecule has 0 radical (unpaired) electrons. The molecule has 3 aromatic rings. The van der Waals surface area contributed by atoms with E-state index in [0.29, 0.717) is 12.6 Å². The molecular formula is C13H15N5S. The second kappa shape index (κ2) is 4.71. The predicted molar refractivity (Wildman–Crippen MR) is 76.9 cm³/mol. The van der Waals surface area contributed by atoms with Crippen molar-refractivity contribution in [3.05, 3.63) is 28.8 Å². The maximum atomic E-state index is 5.62. The van der Waals surface area contributed by atoms with Gasteiger partial charge in [0.1, 0.15) is 16.2 Å². The van der Waals surface area contributed by atoms with Gasteiger partial charge in [-0.25, -0.2) is 9.97 Å². The summed E-state index contributed by atoms with van der Waals surface area (Å²) in [4.78, 5) is 13.3. The Morgan fingerprint density at radius 2 is 2.21 bits per heavy atom. The van der Waals surface area contributed by atoms with Crippen molar-refractivity contribution in [2.24, 2.45) is 5.73 Å². The quantitative estimate of drug-likeness (QED) is 0.796. The van der Waals surface area contributed by atoms with E-state index < -0.39 is 0 Å². The first-order valence-electron chi connectivity index (χ1n) is 6.17. The van der Waals surface area contributed by atoms with E-state index in [0.717, 1.165) is 27.6 Å². The molecule has 2 N–H and O–H groups in total. The summed E-state index contributed by atoms with van der Waals surface area (Å²) < 4.78 is 2.19. The predicted octanol–water partition coefficient (Wildman–Crippen LogP) is 2.59. The minimum atomic E-state index is 0.311. The number of aromatic nitrogens is 4. The van der Waals surface area contributed by atoms with Gasteiger partial charge in [-0.05, 0) is 19.9 Å². The summed E-state index contributed by atoms with van der Waals surface area (Å²) >= 11 is 1.57. The Morgan fingerprint density at radius 3 is 2.89 bits per heavy atom. The molecule has 0 aromatic carbocycles. The summed E-state index contributed by atoms with van der Waals surface area (Å²) in [6.45, 7) is 4.75. The van der Waals surface area contributed by atoms with Crippen molar-refractivity contribution in [3.8, 4) is 11.5 Å². The van der Waals surface area contributed by atoms with E-state index in [4.69, 9.17) is 5.73 Å². The molecule has 6 heteroatoms. The lowest BCUT2D eigenvalue weighted by atomic mass is 10.3. The van der Waals surface area contributed by atoms with Crippen molar-refractivity contribution in [1.29, 1.82) is 0 Å². The summed E-state index contributed by atoms with van der Waals surface area (Å²) in [6, 6.07) is 2.30. The number of hydrogen-bond acceptors (Lipinski definition) is 5. The monoisotopic (exact) mass is 273 g/mol. The molecule has 0 saturated carbocycles. The van der Waals surface area contributed by atoms with Crippen molar-refractivity contribution in [2.75, 3.05) is 0 Å². The highest BCUT2D eigenvalue weighted by Crippen LogP contribution is 2.28. The Bertz CT molecular complexity index is 713. The first kappa shape index (κ1) is 12.3. The lowest BCUT2D eigenvalue weighted by Crippen LogP contribution is -2.03. The number of hydrogen-bond donors (Lipinski definition) is 1. The van der Waals surface area contributed by atoms with Crippen molar-refractivity contribution in [3.63, 3.8) is 0 Å². The van der Waals surface area contributed by atoms with Crippen molar-refractivity contribution in [2.45, 2.75) is 26.4 Å². The smallest absolute Gasteiger partial charge is 0.161 e. The van der Waals surface area contributed by atoms with Gasteiger partial charge in [0.25, 0.3) is 0 Å². The zero-order valence-electron chi connectivity index (χ0n) is 10.9. The summed E-state index contributed by atoms with van der Waals surface area (Å²) in [7, 11) is 0. The minimum absolute atomic E-state index is 0.311. The molecule has 0 amide bonds. The Balaban J connectivity index is 2.24. The van der Waals surface area contributed by atoms with Crippen molar-refractivity contribution >= 4 is 22.4 Å². The van der Waals surface area contributed by atoms with Gasteiger partial charge in [0.15, 0.2) is 5.82 Å². The summed E-state index contributed by atoms with van der Waals surface area (Å²) in [6.07, 6.45) is 3.58. The third-order valence-electron chi connectivity index (χ3n) is 2.96. The third kappa shape index (κ3) is 2.02. The van der Waals surface area contributed by atoms with Crippen LogP contribution in [0.3, 0.4) is 0 Å². The van der Waals surface area contributed by atoms with Crippen LogP contribution in [-0.2, 0) is 6.54 Å². The van der Waals surface area contributed by atoms with Gasteiger partial charge in [0, 0.05) is 24.2 Å². The number of fused-ring (bicyclic) bond motifs is 1. The van der Waals surface area contributed by atoms with Gasteiger partial charge in [-0.1, -0.05) is 0 Å². The topological polar surface area (TPSA) is 69.6 Å². The van der Waals surface area contributed by atoms with E-state index in [1.807, 2.05) is 11.4 Å². The van der Waals surface area contributed by atoms with Crippen LogP contribution in [-0.4, -0.2) is 19.5 Å². The standard InChI is InChI=1S/C13H15N5S/c1-8(2)18-11-3-4-15-6-9(11)17-13(18)10-7-19-12(5-14)16-10/h3-4,6-8H,5,14H2,1-2H3. The van der Waals surface area contributed by atoms with Crippen LogP contribution in [0.15, 0.2) is 23.8 Å². The highest BCUT2D eigenvalue weighted by molar-refractivity contribution is 7.09. The van der Waals surface area contributed by atoms with Crippen molar-refractivity contribution < 1.29 is 0 Å². The molecule has 0 aliphatic rings. The number of nitrogens with two attached hydrogens (primary N) is 1. The van der Waals surface area contributed by atoms with Crippen molar-refractivity contribution in [1.82, 2.24) is 19.5 Å². The molecule has 0 fully saturated rings. The van der Waals surface area contributed by atoms with E-state index in [1.165, 1.54) is 0 Å². The second-order valence-electron chi connectivity index (χ2n) is 4.59. The summed E-state index contributed by atoms with van der Waals surface area (Å²) in [5, 5.41) is 2.94. The number of rotatable bonds is 3. The number of thiazole rings is 1. The van der Waals surface area contributed by atoms with Gasteiger partial charge >= 0.3 is 0 Å². The Kier molecular flexibility index (Phi) is 3.04. The van der Waals surface area contributed by atoms with E-state index in [9.17, 15) is 0 Å². The summed E-state index contributed by atoms with van der Waals surface area (Å²) in [5.41, 5.74) is 8.49. The normalized spacial score (nSPS) is 11.6. The van der Waals surface area contributed by atoms with Gasteiger partial charge < -0.3 is 10.3 Å². The Morgan fingerprint density at radius 1 is 1.37 bits per heavy atom. The second-order valence-corrected chi connectivity index (χ2v) is 5.54. The first-order chi connectivity index (χ1) is 9.20. The molecule has 5 nitrogen and oxygen atoms in total. The van der Waals surface area contributed by atoms with Crippen LogP contribution in [0.4, 0.5) is 0 Å². The van der Waals surface area contributed by atoms with E-state index in [2.05, 4.69) is 33.4 Å². The maximum absolute atomic E-state index is 5.62. The molecule has 0 aliphatic heterocycles. The first-order valence-corrected chi connectivity index (χ1v) is 7.05. The molecule has 3 aromatic heterocycles. The summed E-state index contributed by atoms with van der Waals surface area (Å²) in [5.74, 6) is 0.883. The minimum Gasteiger partial charge on any atom is -0.325 e. The average Bonchev–Trinajstić information content (AvgIpc) is 3.02. The lowest BCUT2D eigenvalue weighted by molar-refractivity contribution is 0.623. The van der Waals surface area contributed by atoms with Crippen LogP contribution in [0.2, 0.25) is 0 Å². The molecule has 0 aliphatic carbocycles. The highest BCUT2D eigenvalue weighted by atomic mass is 32.1. The zero-order valence-corrected chi connectivity index (χ0v) is 11.7. The highest BCUT2D eigenvalue weighted by Gasteiger charge is 2.16. The van der Waals surface area contributed by atoms with Crippen LogP contribution >= 0.6 is 11.3 Å². The number of pyridine rings is 1. The largest absolute Gasteiger partial charge is 0.325 e. The number of nitrogens with zero attached hydrogens (tertiary/aromatic N) is 4. The fourth-order valence-electron chi connectivity index (χ4n) is 2.16. The van der Waals surface area contributed by atoms with E-state index in [-0.39, 0.29) is 0 Å². The molecule has 98 valence electrons. The molecule has 0 unspecified atom stereocenters. The molecule has 0 spiro atoms. The van der Waals surface area contributed by atoms with Crippen LogP contribution < -0.4 is 5.73 Å². The molecule has 3 heterocycles. The molecule has 3 rings (SSSR count). The molecule has 0 bridgehead atoms. The molecule has 0 saturated heterocycles. The van der Waals surface area contributed by atoms with Gasteiger partial charge in [-0.3, -0.25) is 4.98 Å². The average molecular weight is 273 g/mol. The SMILES string of the molecule is CC(C)n1c(-c2csc(CN)n2)nc2cnccc21. The van der Waals surface area contributed by atoms with Crippen LogP contribution in [0.5, 0.6) is 0 Å². The fraction of sp³-hybridized carbons (Fsp3) is 0.308. The fourth-order valence-corrected chi connectivity index (χ4v) is 2.81. The molecular weight excluding hydrogens is 258 g/mol. The molecule has 19 heavy (non-hydrogen) atoms. The van der Waals surface area contributed by atoms with Gasteiger partial charge in [0.2, 0.25) is 0 Å². The van der Waals surface area contributed by atoms with E-state index >= 15 is 0 Å². The van der Waals surface area contributed by atoms with Gasteiger partial charge in [-0.2, -0.15) is 0 Å². The van der Waals surface area contributed by atoms with Gasteiger partial charge in [-0.15, -0.1) is 11.3 Å².